The van der Waals surface area contributed by atoms with Crippen LogP contribution < -0.4 is 0 Å². The molecule has 2 rings (SSSR count). The van der Waals surface area contributed by atoms with Crippen LogP contribution in [0, 0.1) is 18.7 Å². The van der Waals surface area contributed by atoms with E-state index >= 15 is 0 Å². The summed E-state index contributed by atoms with van der Waals surface area (Å²) >= 11 is 0. The molecule has 0 bridgehead atoms. The van der Waals surface area contributed by atoms with Crippen molar-refractivity contribution in [1.82, 2.24) is 0 Å². The number of hydrogen-bond donors (Lipinski definition) is 0. The molecule has 0 aliphatic heterocycles. The molecule has 2 unspecified atom stereocenters. The Morgan fingerprint density at radius 1 is 1.12 bits per heavy atom. The standard InChI is InChI=1S/C15H21F/c1-11-4-3-5-13(8-6-11)14-9-7-12(2)10-15(14)16/h7,9-11,13H,3-6,8H2,1-2H3. The third-order valence-corrected chi connectivity index (χ3v) is 3.85. The molecule has 2 atom stereocenters. The van der Waals surface area contributed by atoms with E-state index in [9.17, 15) is 4.39 Å². The first-order valence-corrected chi connectivity index (χ1v) is 6.43. The number of rotatable bonds is 1. The summed E-state index contributed by atoms with van der Waals surface area (Å²) in [5.74, 6) is 1.27. The largest absolute Gasteiger partial charge is 0.207 e. The quantitative estimate of drug-likeness (QED) is 0.595. The molecule has 0 heterocycles. The average Bonchev–Trinajstić information content (AvgIpc) is 2.43. The Balaban J connectivity index is 2.16. The third kappa shape index (κ3) is 2.63. The molecule has 1 fully saturated rings. The van der Waals surface area contributed by atoms with Gasteiger partial charge in [0.05, 0.1) is 0 Å². The normalized spacial score (nSPS) is 26.4. The van der Waals surface area contributed by atoms with Gasteiger partial charge in [-0.1, -0.05) is 38.3 Å². The minimum atomic E-state index is -0.000414. The highest BCUT2D eigenvalue weighted by Crippen LogP contribution is 2.35. The van der Waals surface area contributed by atoms with E-state index in [4.69, 9.17) is 0 Å². The topological polar surface area (TPSA) is 0 Å². The predicted molar refractivity (Wildman–Crippen MR) is 66.1 cm³/mol. The Hall–Kier alpha value is -0.850. The molecule has 88 valence electrons. The van der Waals surface area contributed by atoms with Crippen LogP contribution >= 0.6 is 0 Å². The van der Waals surface area contributed by atoms with Gasteiger partial charge in [-0.25, -0.2) is 4.39 Å². The molecule has 0 saturated heterocycles. The van der Waals surface area contributed by atoms with Crippen molar-refractivity contribution >= 4 is 0 Å². The van der Waals surface area contributed by atoms with E-state index in [1.807, 2.05) is 19.1 Å². The minimum Gasteiger partial charge on any atom is -0.207 e. The van der Waals surface area contributed by atoms with Gasteiger partial charge in [0.15, 0.2) is 0 Å². The van der Waals surface area contributed by atoms with Gasteiger partial charge in [0.25, 0.3) is 0 Å². The van der Waals surface area contributed by atoms with Crippen LogP contribution in [0.4, 0.5) is 4.39 Å². The van der Waals surface area contributed by atoms with Gasteiger partial charge in [-0.2, -0.15) is 0 Å². The van der Waals surface area contributed by atoms with Crippen molar-refractivity contribution in [2.75, 3.05) is 0 Å². The fourth-order valence-corrected chi connectivity index (χ4v) is 2.76. The van der Waals surface area contributed by atoms with Crippen molar-refractivity contribution in [3.8, 4) is 0 Å². The summed E-state index contributed by atoms with van der Waals surface area (Å²) in [6, 6.07) is 5.70. The maximum absolute atomic E-state index is 13.9. The molecule has 0 spiro atoms. The molecule has 1 aromatic rings. The van der Waals surface area contributed by atoms with Crippen LogP contribution in [0.2, 0.25) is 0 Å². The molecule has 1 aliphatic carbocycles. The van der Waals surface area contributed by atoms with E-state index in [-0.39, 0.29) is 5.82 Å². The fraction of sp³-hybridized carbons (Fsp3) is 0.600. The monoisotopic (exact) mass is 220 g/mol. The second-order valence-corrected chi connectivity index (χ2v) is 5.34. The van der Waals surface area contributed by atoms with Crippen molar-refractivity contribution in [2.24, 2.45) is 5.92 Å². The molecule has 0 amide bonds. The van der Waals surface area contributed by atoms with Gasteiger partial charge < -0.3 is 0 Å². The lowest BCUT2D eigenvalue weighted by molar-refractivity contribution is 0.494. The number of aryl methyl sites for hydroxylation is 1. The second kappa shape index (κ2) is 4.99. The van der Waals surface area contributed by atoms with Gasteiger partial charge in [-0.3, -0.25) is 0 Å². The highest BCUT2D eigenvalue weighted by Gasteiger charge is 2.20. The lowest BCUT2D eigenvalue weighted by Crippen LogP contribution is -2.01. The van der Waals surface area contributed by atoms with Crippen LogP contribution in [0.1, 0.15) is 56.1 Å². The van der Waals surface area contributed by atoms with E-state index in [0.29, 0.717) is 5.92 Å². The first-order valence-electron chi connectivity index (χ1n) is 6.43. The number of benzene rings is 1. The first-order chi connectivity index (χ1) is 7.66. The number of hydrogen-bond acceptors (Lipinski definition) is 0. The van der Waals surface area contributed by atoms with Crippen LogP contribution in [0.25, 0.3) is 0 Å². The van der Waals surface area contributed by atoms with Gasteiger partial charge in [-0.15, -0.1) is 0 Å². The van der Waals surface area contributed by atoms with Gasteiger partial charge in [0.1, 0.15) is 5.82 Å². The maximum atomic E-state index is 13.9. The molecule has 0 nitrogen and oxygen atoms in total. The Kier molecular flexibility index (Phi) is 3.63. The SMILES string of the molecule is Cc1ccc(C2CCCC(C)CC2)c(F)c1. The van der Waals surface area contributed by atoms with Crippen molar-refractivity contribution in [2.45, 2.75) is 51.9 Å². The lowest BCUT2D eigenvalue weighted by atomic mass is 9.90. The predicted octanol–water partition coefficient (Wildman–Crippen LogP) is 4.82. The van der Waals surface area contributed by atoms with E-state index in [1.54, 1.807) is 6.07 Å². The van der Waals surface area contributed by atoms with Crippen molar-refractivity contribution in [3.63, 3.8) is 0 Å². The highest BCUT2D eigenvalue weighted by atomic mass is 19.1. The summed E-state index contributed by atoms with van der Waals surface area (Å²) < 4.78 is 13.9. The van der Waals surface area contributed by atoms with Crippen LogP contribution in [0.3, 0.4) is 0 Å². The fourth-order valence-electron chi connectivity index (χ4n) is 2.76. The summed E-state index contributed by atoms with van der Waals surface area (Å²) in [5.41, 5.74) is 1.96. The van der Waals surface area contributed by atoms with E-state index in [1.165, 1.54) is 19.3 Å². The zero-order valence-corrected chi connectivity index (χ0v) is 10.3. The molecular formula is C15H21F. The molecule has 16 heavy (non-hydrogen) atoms. The smallest absolute Gasteiger partial charge is 0.126 e. The molecule has 1 heteroatoms. The molecular weight excluding hydrogens is 199 g/mol. The lowest BCUT2D eigenvalue weighted by Gasteiger charge is -2.15. The van der Waals surface area contributed by atoms with Gasteiger partial charge in [0, 0.05) is 0 Å². The third-order valence-electron chi connectivity index (χ3n) is 3.85. The Morgan fingerprint density at radius 2 is 1.94 bits per heavy atom. The van der Waals surface area contributed by atoms with Crippen LogP contribution in [-0.4, -0.2) is 0 Å². The summed E-state index contributed by atoms with van der Waals surface area (Å²) in [5, 5.41) is 0. The van der Waals surface area contributed by atoms with Crippen molar-refractivity contribution < 1.29 is 4.39 Å². The van der Waals surface area contributed by atoms with Crippen LogP contribution in [-0.2, 0) is 0 Å². The Labute approximate surface area is 97.9 Å². The highest BCUT2D eigenvalue weighted by molar-refractivity contribution is 5.26. The summed E-state index contributed by atoms with van der Waals surface area (Å²) in [4.78, 5) is 0. The van der Waals surface area contributed by atoms with Gasteiger partial charge in [0.2, 0.25) is 0 Å². The Bertz CT molecular complexity index is 356. The maximum Gasteiger partial charge on any atom is 0.126 e. The summed E-state index contributed by atoms with van der Waals surface area (Å²) in [6.45, 7) is 4.26. The number of halogens is 1. The molecule has 0 aromatic heterocycles. The minimum absolute atomic E-state index is 0.000414. The van der Waals surface area contributed by atoms with Gasteiger partial charge in [-0.05, 0) is 48.8 Å². The van der Waals surface area contributed by atoms with E-state index in [0.717, 1.165) is 29.9 Å². The second-order valence-electron chi connectivity index (χ2n) is 5.34. The molecule has 1 aliphatic rings. The summed E-state index contributed by atoms with van der Waals surface area (Å²) in [6.07, 6.45) is 6.12. The zero-order chi connectivity index (χ0) is 11.5. The van der Waals surface area contributed by atoms with Crippen LogP contribution in [0.15, 0.2) is 18.2 Å². The van der Waals surface area contributed by atoms with E-state index in [2.05, 4.69) is 6.92 Å². The Morgan fingerprint density at radius 3 is 2.69 bits per heavy atom. The summed E-state index contributed by atoms with van der Waals surface area (Å²) in [7, 11) is 0. The van der Waals surface area contributed by atoms with Crippen LogP contribution in [0.5, 0.6) is 0 Å². The molecule has 1 saturated carbocycles. The first kappa shape index (κ1) is 11.6. The van der Waals surface area contributed by atoms with Crippen molar-refractivity contribution in [3.05, 3.63) is 35.1 Å². The van der Waals surface area contributed by atoms with Gasteiger partial charge >= 0.3 is 0 Å². The molecule has 1 aromatic carbocycles. The molecule has 0 radical (unpaired) electrons. The average molecular weight is 220 g/mol. The van der Waals surface area contributed by atoms with Crippen molar-refractivity contribution in [1.29, 1.82) is 0 Å². The molecule has 0 N–H and O–H groups in total. The van der Waals surface area contributed by atoms with E-state index < -0.39 is 0 Å². The zero-order valence-electron chi connectivity index (χ0n) is 10.3.